The molecule has 25 heavy (non-hydrogen) atoms. The highest BCUT2D eigenvalue weighted by Gasteiger charge is 2.35. The lowest BCUT2D eigenvalue weighted by molar-refractivity contribution is -0.122. The molecule has 5 nitrogen and oxygen atoms in total. The number of aromatic nitrogens is 2. The fraction of sp³-hybridized carbons (Fsp3) is 0.300. The number of aromatic amines is 1. The van der Waals surface area contributed by atoms with E-state index in [9.17, 15) is 9.90 Å². The van der Waals surface area contributed by atoms with Crippen molar-refractivity contribution < 1.29 is 9.90 Å². The molecule has 4 rings (SSSR count). The third kappa shape index (κ3) is 3.28. The molecule has 0 saturated heterocycles. The number of aliphatic hydroxyl groups is 1. The first-order valence-corrected chi connectivity index (χ1v) is 8.65. The molecule has 0 aliphatic heterocycles. The molecule has 128 valence electrons. The van der Waals surface area contributed by atoms with Crippen LogP contribution in [0.5, 0.6) is 0 Å². The number of nitrogens with one attached hydrogen (secondary N) is 2. The minimum Gasteiger partial charge on any atom is -0.393 e. The fourth-order valence-corrected chi connectivity index (χ4v) is 3.57. The van der Waals surface area contributed by atoms with Crippen LogP contribution in [0.4, 0.5) is 0 Å². The summed E-state index contributed by atoms with van der Waals surface area (Å²) in [4.78, 5) is 12.6. The average molecular weight is 335 g/mol. The average Bonchev–Trinajstić information content (AvgIpc) is 3.01. The van der Waals surface area contributed by atoms with E-state index in [0.717, 1.165) is 35.0 Å². The van der Waals surface area contributed by atoms with Gasteiger partial charge in [-0.25, -0.2) is 0 Å². The lowest BCUT2D eigenvalue weighted by Gasteiger charge is -2.38. The first-order chi connectivity index (χ1) is 12.2. The van der Waals surface area contributed by atoms with Gasteiger partial charge < -0.3 is 10.4 Å². The molecule has 0 spiro atoms. The van der Waals surface area contributed by atoms with Gasteiger partial charge in [-0.3, -0.25) is 9.89 Å². The van der Waals surface area contributed by atoms with Gasteiger partial charge in [0.25, 0.3) is 0 Å². The Bertz CT molecular complexity index is 869. The van der Waals surface area contributed by atoms with Gasteiger partial charge in [0.2, 0.25) is 5.91 Å². The summed E-state index contributed by atoms with van der Waals surface area (Å²) < 4.78 is 0. The van der Waals surface area contributed by atoms with Crippen molar-refractivity contribution in [1.29, 1.82) is 0 Å². The van der Waals surface area contributed by atoms with Crippen molar-refractivity contribution in [3.8, 4) is 0 Å². The molecule has 5 heteroatoms. The second-order valence-corrected chi connectivity index (χ2v) is 6.74. The molecule has 1 unspecified atom stereocenters. The Morgan fingerprint density at radius 2 is 1.88 bits per heavy atom. The van der Waals surface area contributed by atoms with Crippen LogP contribution < -0.4 is 5.32 Å². The van der Waals surface area contributed by atoms with Gasteiger partial charge in [-0.15, -0.1) is 0 Å². The van der Waals surface area contributed by atoms with Gasteiger partial charge >= 0.3 is 0 Å². The van der Waals surface area contributed by atoms with E-state index >= 15 is 0 Å². The summed E-state index contributed by atoms with van der Waals surface area (Å²) in [6.07, 6.45) is 1.48. The number of fused-ring (bicyclic) bond motifs is 1. The highest BCUT2D eigenvalue weighted by atomic mass is 16.3. The van der Waals surface area contributed by atoms with Crippen molar-refractivity contribution in [2.24, 2.45) is 5.92 Å². The molecule has 1 saturated carbocycles. The Morgan fingerprint density at radius 3 is 2.64 bits per heavy atom. The Balaban J connectivity index is 1.50. The van der Waals surface area contributed by atoms with Crippen LogP contribution in [0.3, 0.4) is 0 Å². The Morgan fingerprint density at radius 1 is 1.16 bits per heavy atom. The minimum atomic E-state index is -0.246. The maximum Gasteiger partial charge on any atom is 0.226 e. The van der Waals surface area contributed by atoms with Crippen molar-refractivity contribution in [1.82, 2.24) is 15.5 Å². The molecule has 0 radical (unpaired) electrons. The van der Waals surface area contributed by atoms with Gasteiger partial charge in [0.1, 0.15) is 0 Å². The Kier molecular flexibility index (Phi) is 4.24. The van der Waals surface area contributed by atoms with Crippen molar-refractivity contribution in [2.75, 3.05) is 0 Å². The molecule has 3 aromatic rings. The van der Waals surface area contributed by atoms with Crippen LogP contribution in [-0.2, 0) is 11.2 Å². The predicted molar refractivity (Wildman–Crippen MR) is 95.9 cm³/mol. The van der Waals surface area contributed by atoms with Crippen molar-refractivity contribution in [3.63, 3.8) is 0 Å². The van der Waals surface area contributed by atoms with Crippen LogP contribution in [-0.4, -0.2) is 27.3 Å². The van der Waals surface area contributed by atoms with Crippen molar-refractivity contribution in [3.05, 3.63) is 65.9 Å². The smallest absolute Gasteiger partial charge is 0.226 e. The first kappa shape index (κ1) is 15.8. The molecule has 1 aliphatic carbocycles. The van der Waals surface area contributed by atoms with Gasteiger partial charge in [-0.05, 0) is 30.4 Å². The largest absolute Gasteiger partial charge is 0.393 e. The lowest BCUT2D eigenvalue weighted by Crippen LogP contribution is -2.41. The zero-order chi connectivity index (χ0) is 17.2. The van der Waals surface area contributed by atoms with Crippen LogP contribution in [0.15, 0.2) is 54.6 Å². The van der Waals surface area contributed by atoms with E-state index in [1.54, 1.807) is 0 Å². The molecule has 0 bridgehead atoms. The standard InChI is InChI=1S/C20H21N3O2/c24-15-10-14(11-15)20(13-6-2-1-3-7-13)21-19(25)12-18-16-8-4-5-9-17(16)22-23-18/h1-9,14-15,20,24H,10-12H2,(H,21,25)(H,22,23). The molecule has 1 aromatic heterocycles. The summed E-state index contributed by atoms with van der Waals surface area (Å²) in [7, 11) is 0. The molecule has 3 N–H and O–H groups in total. The van der Waals surface area contributed by atoms with E-state index in [0.29, 0.717) is 0 Å². The van der Waals surface area contributed by atoms with Crippen LogP contribution >= 0.6 is 0 Å². The minimum absolute atomic E-state index is 0.0374. The maximum atomic E-state index is 12.6. The summed E-state index contributed by atoms with van der Waals surface area (Å²) in [6, 6.07) is 17.7. The summed E-state index contributed by atoms with van der Waals surface area (Å²) in [5.41, 5.74) is 2.78. The highest BCUT2D eigenvalue weighted by Crippen LogP contribution is 2.38. The number of carbonyl (C=O) groups excluding carboxylic acids is 1. The van der Waals surface area contributed by atoms with Crippen LogP contribution in [0.2, 0.25) is 0 Å². The van der Waals surface area contributed by atoms with Gasteiger partial charge in [0, 0.05) is 5.39 Å². The SMILES string of the molecule is O=C(Cc1[nH]nc2ccccc12)NC(c1ccccc1)C1CC(O)C1. The molecule has 1 aliphatic rings. The van der Waals surface area contributed by atoms with E-state index in [2.05, 4.69) is 15.5 Å². The topological polar surface area (TPSA) is 78.0 Å². The number of amides is 1. The van der Waals surface area contributed by atoms with E-state index in [1.165, 1.54) is 0 Å². The van der Waals surface area contributed by atoms with Gasteiger partial charge in [-0.2, -0.15) is 5.10 Å². The molecule has 2 aromatic carbocycles. The monoisotopic (exact) mass is 335 g/mol. The lowest BCUT2D eigenvalue weighted by atomic mass is 9.75. The molecular weight excluding hydrogens is 314 g/mol. The zero-order valence-electron chi connectivity index (χ0n) is 13.9. The fourth-order valence-electron chi connectivity index (χ4n) is 3.57. The predicted octanol–water partition coefficient (Wildman–Crippen LogP) is 2.73. The normalized spacial score (nSPS) is 20.8. The molecule has 1 amide bonds. The quantitative estimate of drug-likeness (QED) is 0.671. The number of rotatable bonds is 5. The summed E-state index contributed by atoms with van der Waals surface area (Å²) in [5, 5.41) is 21.0. The number of hydrogen-bond acceptors (Lipinski definition) is 3. The number of nitrogens with zero attached hydrogens (tertiary/aromatic N) is 1. The second-order valence-electron chi connectivity index (χ2n) is 6.74. The van der Waals surface area contributed by atoms with Crippen molar-refractivity contribution >= 4 is 16.8 Å². The van der Waals surface area contributed by atoms with E-state index < -0.39 is 0 Å². The van der Waals surface area contributed by atoms with Gasteiger partial charge in [-0.1, -0.05) is 48.5 Å². The van der Waals surface area contributed by atoms with E-state index in [4.69, 9.17) is 0 Å². The Labute approximate surface area is 146 Å². The van der Waals surface area contributed by atoms with Crippen LogP contribution in [0.25, 0.3) is 10.9 Å². The highest BCUT2D eigenvalue weighted by molar-refractivity contribution is 5.87. The van der Waals surface area contributed by atoms with Gasteiger partial charge in [0.15, 0.2) is 0 Å². The number of aliphatic hydroxyl groups excluding tert-OH is 1. The molecular formula is C20H21N3O2. The zero-order valence-corrected chi connectivity index (χ0v) is 13.9. The van der Waals surface area contributed by atoms with Crippen LogP contribution in [0, 0.1) is 5.92 Å². The second kappa shape index (κ2) is 6.69. The molecule has 1 fully saturated rings. The summed E-state index contributed by atoms with van der Waals surface area (Å²) >= 11 is 0. The number of carbonyl (C=O) groups is 1. The molecule has 1 atom stereocenters. The third-order valence-electron chi connectivity index (χ3n) is 4.97. The summed E-state index contributed by atoms with van der Waals surface area (Å²) in [6.45, 7) is 0. The number of H-pyrrole nitrogens is 1. The summed E-state index contributed by atoms with van der Waals surface area (Å²) in [5.74, 6) is 0.240. The van der Waals surface area contributed by atoms with E-state index in [1.807, 2.05) is 54.6 Å². The van der Waals surface area contributed by atoms with Crippen LogP contribution in [0.1, 0.15) is 30.1 Å². The maximum absolute atomic E-state index is 12.6. The molecule has 1 heterocycles. The first-order valence-electron chi connectivity index (χ1n) is 8.65. The van der Waals surface area contributed by atoms with Gasteiger partial charge in [0.05, 0.1) is 29.8 Å². The van der Waals surface area contributed by atoms with Crippen molar-refractivity contribution in [2.45, 2.75) is 31.4 Å². The van der Waals surface area contributed by atoms with E-state index in [-0.39, 0.29) is 30.4 Å². The number of para-hydroxylation sites is 1. The Hall–Kier alpha value is -2.66. The number of benzene rings is 2. The third-order valence-corrected chi connectivity index (χ3v) is 4.97. The number of hydrogen-bond donors (Lipinski definition) is 3.